The van der Waals surface area contributed by atoms with Crippen molar-refractivity contribution in [3.05, 3.63) is 0 Å². The molecule has 0 saturated heterocycles. The van der Waals surface area contributed by atoms with Crippen molar-refractivity contribution in [2.24, 2.45) is 23.3 Å². The smallest absolute Gasteiger partial charge is 0.0281 e. The maximum absolute atomic E-state index is 6.20. The van der Waals surface area contributed by atoms with E-state index in [2.05, 4.69) is 13.8 Å². The zero-order chi connectivity index (χ0) is 9.90. The van der Waals surface area contributed by atoms with Crippen LogP contribution in [0.2, 0.25) is 0 Å². The number of hydrogen-bond donors (Lipinski definition) is 2. The molecular formula is C11H24N2. The van der Waals surface area contributed by atoms with Gasteiger partial charge in [0.1, 0.15) is 0 Å². The van der Waals surface area contributed by atoms with Gasteiger partial charge in [-0.15, -0.1) is 0 Å². The fourth-order valence-corrected chi connectivity index (χ4v) is 2.58. The first kappa shape index (κ1) is 11.0. The Balaban J connectivity index is 2.42. The Labute approximate surface area is 82.1 Å². The van der Waals surface area contributed by atoms with Crippen LogP contribution in [-0.2, 0) is 0 Å². The molecular weight excluding hydrogens is 160 g/mol. The highest BCUT2D eigenvalue weighted by Gasteiger charge is 2.31. The molecule has 0 heterocycles. The van der Waals surface area contributed by atoms with Crippen LogP contribution in [0.3, 0.4) is 0 Å². The molecule has 2 heteroatoms. The SMILES string of the molecule is CC(C)CC1CCCC(N)(CN)C1. The largest absolute Gasteiger partial charge is 0.329 e. The van der Waals surface area contributed by atoms with Crippen molar-refractivity contribution in [3.8, 4) is 0 Å². The van der Waals surface area contributed by atoms with Crippen LogP contribution >= 0.6 is 0 Å². The van der Waals surface area contributed by atoms with Gasteiger partial charge in [-0.3, -0.25) is 0 Å². The van der Waals surface area contributed by atoms with Crippen LogP contribution in [-0.4, -0.2) is 12.1 Å². The zero-order valence-electron chi connectivity index (χ0n) is 9.05. The van der Waals surface area contributed by atoms with E-state index in [1.54, 1.807) is 0 Å². The highest BCUT2D eigenvalue weighted by molar-refractivity contribution is 4.91. The van der Waals surface area contributed by atoms with Crippen LogP contribution in [0, 0.1) is 11.8 Å². The summed E-state index contributed by atoms with van der Waals surface area (Å²) >= 11 is 0. The normalized spacial score (nSPS) is 35.3. The van der Waals surface area contributed by atoms with E-state index in [0.29, 0.717) is 6.54 Å². The molecule has 2 nitrogen and oxygen atoms in total. The second-order valence-electron chi connectivity index (χ2n) is 5.16. The Morgan fingerprint density at radius 3 is 2.69 bits per heavy atom. The van der Waals surface area contributed by atoms with Crippen LogP contribution in [0.1, 0.15) is 46.0 Å². The minimum absolute atomic E-state index is 0.0438. The molecule has 2 atom stereocenters. The summed E-state index contributed by atoms with van der Waals surface area (Å²) in [6.45, 7) is 5.23. The van der Waals surface area contributed by atoms with Crippen LogP contribution in [0.15, 0.2) is 0 Å². The van der Waals surface area contributed by atoms with Gasteiger partial charge in [-0.05, 0) is 31.1 Å². The molecule has 1 saturated carbocycles. The second-order valence-corrected chi connectivity index (χ2v) is 5.16. The van der Waals surface area contributed by atoms with E-state index in [-0.39, 0.29) is 5.54 Å². The molecule has 0 amide bonds. The Bertz CT molecular complexity index is 156. The van der Waals surface area contributed by atoms with Gasteiger partial charge in [-0.2, -0.15) is 0 Å². The molecule has 1 aliphatic carbocycles. The third-order valence-corrected chi connectivity index (χ3v) is 3.19. The molecule has 0 aromatic carbocycles. The fourth-order valence-electron chi connectivity index (χ4n) is 2.58. The maximum Gasteiger partial charge on any atom is 0.0281 e. The Morgan fingerprint density at radius 1 is 1.46 bits per heavy atom. The lowest BCUT2D eigenvalue weighted by molar-refractivity contribution is 0.207. The van der Waals surface area contributed by atoms with E-state index in [1.165, 1.54) is 19.3 Å². The summed E-state index contributed by atoms with van der Waals surface area (Å²) in [4.78, 5) is 0. The molecule has 2 unspecified atom stereocenters. The van der Waals surface area contributed by atoms with Gasteiger partial charge in [-0.1, -0.05) is 26.7 Å². The van der Waals surface area contributed by atoms with Crippen molar-refractivity contribution in [1.29, 1.82) is 0 Å². The topological polar surface area (TPSA) is 52.0 Å². The van der Waals surface area contributed by atoms with Gasteiger partial charge in [0.15, 0.2) is 0 Å². The van der Waals surface area contributed by atoms with Crippen molar-refractivity contribution in [2.75, 3.05) is 6.54 Å². The first-order chi connectivity index (χ1) is 6.06. The van der Waals surface area contributed by atoms with Crippen molar-refractivity contribution < 1.29 is 0 Å². The monoisotopic (exact) mass is 184 g/mol. The first-order valence-electron chi connectivity index (χ1n) is 5.55. The first-order valence-corrected chi connectivity index (χ1v) is 5.55. The number of rotatable bonds is 3. The maximum atomic E-state index is 6.20. The van der Waals surface area contributed by atoms with Gasteiger partial charge >= 0.3 is 0 Å². The van der Waals surface area contributed by atoms with Gasteiger partial charge in [0, 0.05) is 12.1 Å². The van der Waals surface area contributed by atoms with Gasteiger partial charge in [-0.25, -0.2) is 0 Å². The summed E-state index contributed by atoms with van der Waals surface area (Å²) in [5, 5.41) is 0. The average Bonchev–Trinajstić information content (AvgIpc) is 2.03. The van der Waals surface area contributed by atoms with Gasteiger partial charge in [0.25, 0.3) is 0 Å². The minimum Gasteiger partial charge on any atom is -0.329 e. The second kappa shape index (κ2) is 4.43. The molecule has 0 bridgehead atoms. The molecule has 13 heavy (non-hydrogen) atoms. The summed E-state index contributed by atoms with van der Waals surface area (Å²) in [5.74, 6) is 1.62. The summed E-state index contributed by atoms with van der Waals surface area (Å²) in [6.07, 6.45) is 6.21. The Hall–Kier alpha value is -0.0800. The van der Waals surface area contributed by atoms with Gasteiger partial charge in [0.05, 0.1) is 0 Å². The number of hydrogen-bond acceptors (Lipinski definition) is 2. The summed E-state index contributed by atoms with van der Waals surface area (Å²) in [7, 11) is 0. The molecule has 1 aliphatic rings. The molecule has 0 spiro atoms. The zero-order valence-corrected chi connectivity index (χ0v) is 9.05. The van der Waals surface area contributed by atoms with E-state index in [0.717, 1.165) is 24.7 Å². The molecule has 0 aromatic heterocycles. The molecule has 0 radical (unpaired) electrons. The van der Waals surface area contributed by atoms with E-state index >= 15 is 0 Å². The quantitative estimate of drug-likeness (QED) is 0.703. The molecule has 0 aromatic rings. The molecule has 0 aliphatic heterocycles. The summed E-state index contributed by atoms with van der Waals surface area (Å²) in [6, 6.07) is 0. The highest BCUT2D eigenvalue weighted by atomic mass is 14.8. The fraction of sp³-hybridized carbons (Fsp3) is 1.00. The minimum atomic E-state index is -0.0438. The predicted molar refractivity (Wildman–Crippen MR) is 57.4 cm³/mol. The van der Waals surface area contributed by atoms with E-state index < -0.39 is 0 Å². The Kier molecular flexibility index (Phi) is 3.74. The molecule has 78 valence electrons. The summed E-state index contributed by atoms with van der Waals surface area (Å²) < 4.78 is 0. The van der Waals surface area contributed by atoms with Crippen molar-refractivity contribution >= 4 is 0 Å². The predicted octanol–water partition coefficient (Wildman–Crippen LogP) is 1.88. The average molecular weight is 184 g/mol. The van der Waals surface area contributed by atoms with E-state index in [4.69, 9.17) is 11.5 Å². The number of nitrogens with two attached hydrogens (primary N) is 2. The van der Waals surface area contributed by atoms with Gasteiger partial charge in [0.2, 0.25) is 0 Å². The van der Waals surface area contributed by atoms with Gasteiger partial charge < -0.3 is 11.5 Å². The molecule has 4 N–H and O–H groups in total. The Morgan fingerprint density at radius 2 is 2.15 bits per heavy atom. The summed E-state index contributed by atoms with van der Waals surface area (Å²) in [5.41, 5.74) is 11.9. The van der Waals surface area contributed by atoms with Crippen LogP contribution in [0.25, 0.3) is 0 Å². The van der Waals surface area contributed by atoms with E-state index in [9.17, 15) is 0 Å². The van der Waals surface area contributed by atoms with Crippen molar-refractivity contribution in [1.82, 2.24) is 0 Å². The van der Waals surface area contributed by atoms with Crippen LogP contribution in [0.4, 0.5) is 0 Å². The van der Waals surface area contributed by atoms with Crippen molar-refractivity contribution in [3.63, 3.8) is 0 Å². The molecule has 1 rings (SSSR count). The third kappa shape index (κ3) is 3.28. The standard InChI is InChI=1S/C11H24N2/c1-9(2)6-10-4-3-5-11(13,7-10)8-12/h9-10H,3-8,12-13H2,1-2H3. The van der Waals surface area contributed by atoms with E-state index in [1.807, 2.05) is 0 Å². The molecule has 1 fully saturated rings. The van der Waals surface area contributed by atoms with Crippen LogP contribution < -0.4 is 11.5 Å². The lowest BCUT2D eigenvalue weighted by Gasteiger charge is -2.37. The lowest BCUT2D eigenvalue weighted by Crippen LogP contribution is -2.50. The third-order valence-electron chi connectivity index (χ3n) is 3.19. The lowest BCUT2D eigenvalue weighted by atomic mass is 9.74. The van der Waals surface area contributed by atoms with Crippen LogP contribution in [0.5, 0.6) is 0 Å². The van der Waals surface area contributed by atoms with Crippen molar-refractivity contribution in [2.45, 2.75) is 51.5 Å². The highest BCUT2D eigenvalue weighted by Crippen LogP contribution is 2.33.